The minimum atomic E-state index is -0.244. The van der Waals surface area contributed by atoms with Gasteiger partial charge in [0, 0.05) is 29.8 Å². The molecule has 1 saturated carbocycles. The van der Waals surface area contributed by atoms with E-state index in [0.717, 1.165) is 45.0 Å². The minimum Gasteiger partial charge on any atom is -0.348 e. The lowest BCUT2D eigenvalue weighted by Crippen LogP contribution is -2.29. The van der Waals surface area contributed by atoms with Crippen molar-refractivity contribution in [2.24, 2.45) is 5.92 Å². The number of ether oxygens (including phenoxy) is 2. The summed E-state index contributed by atoms with van der Waals surface area (Å²) >= 11 is 1.49. The second-order valence-corrected chi connectivity index (χ2v) is 7.29. The van der Waals surface area contributed by atoms with Gasteiger partial charge >= 0.3 is 0 Å². The molecular weight excluding hydrogens is 296 g/mol. The maximum atomic E-state index is 5.85. The van der Waals surface area contributed by atoms with Crippen LogP contribution >= 0.6 is 12.0 Å². The van der Waals surface area contributed by atoms with Crippen molar-refractivity contribution in [3.8, 4) is 0 Å². The van der Waals surface area contributed by atoms with Gasteiger partial charge in [-0.1, -0.05) is 24.1 Å². The third-order valence-electron chi connectivity index (χ3n) is 4.70. The van der Waals surface area contributed by atoms with Crippen LogP contribution in [0.25, 0.3) is 0 Å². The Labute approximate surface area is 137 Å². The summed E-state index contributed by atoms with van der Waals surface area (Å²) in [7, 11) is 0. The van der Waals surface area contributed by atoms with E-state index in [-0.39, 0.29) is 5.79 Å². The standard InChI is InChI=1S/C18H26O3S/c1-15-4-6-17(7-5-15)22-21-12-9-16-3-2-10-18(11-8-16)19-13-14-20-18/h4-7,16H,2-3,8-14H2,1H3. The van der Waals surface area contributed by atoms with E-state index in [4.69, 9.17) is 13.7 Å². The summed E-state index contributed by atoms with van der Waals surface area (Å²) in [6.07, 6.45) is 6.90. The Balaban J connectivity index is 1.36. The molecular formula is C18H26O3S. The smallest absolute Gasteiger partial charge is 0.168 e. The SMILES string of the molecule is Cc1ccc(SOCCC2CCCC3(CC2)OCCO3)cc1. The molecule has 3 rings (SSSR count). The fourth-order valence-electron chi connectivity index (χ4n) is 3.35. The second-order valence-electron chi connectivity index (χ2n) is 6.41. The monoisotopic (exact) mass is 322 g/mol. The van der Waals surface area contributed by atoms with Crippen LogP contribution in [0, 0.1) is 12.8 Å². The van der Waals surface area contributed by atoms with Crippen LogP contribution in [-0.2, 0) is 13.7 Å². The molecule has 122 valence electrons. The van der Waals surface area contributed by atoms with Crippen molar-refractivity contribution in [3.05, 3.63) is 29.8 Å². The van der Waals surface area contributed by atoms with Crippen molar-refractivity contribution < 1.29 is 13.7 Å². The van der Waals surface area contributed by atoms with E-state index >= 15 is 0 Å². The highest BCUT2D eigenvalue weighted by atomic mass is 32.2. The van der Waals surface area contributed by atoms with E-state index in [1.165, 1.54) is 41.8 Å². The van der Waals surface area contributed by atoms with Gasteiger partial charge < -0.3 is 13.7 Å². The molecule has 1 atom stereocenters. The Bertz CT molecular complexity index is 454. The first-order valence-electron chi connectivity index (χ1n) is 8.40. The molecule has 0 amide bonds. The highest BCUT2D eigenvalue weighted by Gasteiger charge is 2.38. The van der Waals surface area contributed by atoms with E-state index in [0.29, 0.717) is 0 Å². The van der Waals surface area contributed by atoms with Gasteiger partial charge in [-0.15, -0.1) is 0 Å². The van der Waals surface area contributed by atoms with Crippen molar-refractivity contribution in [1.82, 2.24) is 0 Å². The summed E-state index contributed by atoms with van der Waals surface area (Å²) in [6, 6.07) is 8.48. The first-order valence-corrected chi connectivity index (χ1v) is 9.14. The van der Waals surface area contributed by atoms with Crippen LogP contribution in [0.5, 0.6) is 0 Å². The van der Waals surface area contributed by atoms with Gasteiger partial charge in [-0.3, -0.25) is 0 Å². The lowest BCUT2D eigenvalue weighted by Gasteiger charge is -2.25. The van der Waals surface area contributed by atoms with Gasteiger partial charge in [-0.25, -0.2) is 0 Å². The van der Waals surface area contributed by atoms with Crippen LogP contribution in [0.3, 0.4) is 0 Å². The van der Waals surface area contributed by atoms with Crippen molar-refractivity contribution in [1.29, 1.82) is 0 Å². The van der Waals surface area contributed by atoms with Crippen molar-refractivity contribution in [2.45, 2.75) is 56.1 Å². The molecule has 0 bridgehead atoms. The Morgan fingerprint density at radius 2 is 1.91 bits per heavy atom. The van der Waals surface area contributed by atoms with Crippen LogP contribution in [0.1, 0.15) is 44.1 Å². The summed E-state index contributed by atoms with van der Waals surface area (Å²) in [5, 5.41) is 0. The number of benzene rings is 1. The topological polar surface area (TPSA) is 27.7 Å². The molecule has 1 aromatic carbocycles. The van der Waals surface area contributed by atoms with Gasteiger partial charge in [-0.05, 0) is 44.2 Å². The van der Waals surface area contributed by atoms with Gasteiger partial charge in [0.1, 0.15) is 0 Å². The minimum absolute atomic E-state index is 0.244. The molecule has 2 fully saturated rings. The predicted octanol–water partition coefficient (Wildman–Crippen LogP) is 4.73. The summed E-state index contributed by atoms with van der Waals surface area (Å²) in [5.41, 5.74) is 1.29. The summed E-state index contributed by atoms with van der Waals surface area (Å²) in [4.78, 5) is 1.18. The largest absolute Gasteiger partial charge is 0.348 e. The van der Waals surface area contributed by atoms with Gasteiger partial charge in [0.15, 0.2) is 5.79 Å². The zero-order valence-electron chi connectivity index (χ0n) is 13.4. The van der Waals surface area contributed by atoms with E-state index in [1.807, 2.05) is 0 Å². The number of rotatable bonds is 5. The molecule has 1 unspecified atom stereocenters. The normalized spacial score (nSPS) is 24.5. The first-order chi connectivity index (χ1) is 10.8. The van der Waals surface area contributed by atoms with Crippen molar-refractivity contribution >= 4 is 12.0 Å². The third-order valence-corrected chi connectivity index (χ3v) is 5.45. The van der Waals surface area contributed by atoms with E-state index in [9.17, 15) is 0 Å². The van der Waals surface area contributed by atoms with Crippen LogP contribution in [0.15, 0.2) is 29.2 Å². The van der Waals surface area contributed by atoms with Crippen molar-refractivity contribution in [2.75, 3.05) is 19.8 Å². The van der Waals surface area contributed by atoms with E-state index < -0.39 is 0 Å². The van der Waals surface area contributed by atoms with Gasteiger partial charge in [0.2, 0.25) is 0 Å². The molecule has 0 N–H and O–H groups in total. The highest BCUT2D eigenvalue weighted by Crippen LogP contribution is 2.37. The lowest BCUT2D eigenvalue weighted by molar-refractivity contribution is -0.165. The highest BCUT2D eigenvalue weighted by molar-refractivity contribution is 7.94. The predicted molar refractivity (Wildman–Crippen MR) is 88.8 cm³/mol. The Morgan fingerprint density at radius 3 is 2.68 bits per heavy atom. The van der Waals surface area contributed by atoms with Crippen LogP contribution in [-0.4, -0.2) is 25.6 Å². The molecule has 4 heteroatoms. The van der Waals surface area contributed by atoms with Gasteiger partial charge in [0.25, 0.3) is 0 Å². The summed E-state index contributed by atoms with van der Waals surface area (Å²) < 4.78 is 17.5. The van der Waals surface area contributed by atoms with Crippen molar-refractivity contribution in [3.63, 3.8) is 0 Å². The van der Waals surface area contributed by atoms with Crippen LogP contribution in [0.4, 0.5) is 0 Å². The molecule has 1 spiro atoms. The summed E-state index contributed by atoms with van der Waals surface area (Å²) in [6.45, 7) is 4.45. The Hall–Kier alpha value is -0.550. The fourth-order valence-corrected chi connectivity index (χ4v) is 3.91. The molecule has 3 nitrogen and oxygen atoms in total. The summed E-state index contributed by atoms with van der Waals surface area (Å²) in [5.74, 6) is 0.498. The molecule has 2 aliphatic rings. The van der Waals surface area contributed by atoms with Crippen LogP contribution < -0.4 is 0 Å². The zero-order valence-corrected chi connectivity index (χ0v) is 14.2. The number of aryl methyl sites for hydroxylation is 1. The first kappa shape index (κ1) is 16.3. The van der Waals surface area contributed by atoms with Crippen LogP contribution in [0.2, 0.25) is 0 Å². The molecule has 1 saturated heterocycles. The average Bonchev–Trinajstić information content (AvgIpc) is 2.89. The van der Waals surface area contributed by atoms with E-state index in [1.54, 1.807) is 0 Å². The molecule has 22 heavy (non-hydrogen) atoms. The zero-order chi connectivity index (χ0) is 15.3. The number of hydrogen-bond acceptors (Lipinski definition) is 4. The lowest BCUT2D eigenvalue weighted by atomic mass is 9.97. The van der Waals surface area contributed by atoms with Gasteiger partial charge in [-0.2, -0.15) is 0 Å². The second kappa shape index (κ2) is 7.82. The molecule has 0 radical (unpaired) electrons. The van der Waals surface area contributed by atoms with E-state index in [2.05, 4.69) is 31.2 Å². The maximum Gasteiger partial charge on any atom is 0.168 e. The fraction of sp³-hybridized carbons (Fsp3) is 0.667. The Kier molecular flexibility index (Phi) is 5.80. The van der Waals surface area contributed by atoms with Gasteiger partial charge in [0.05, 0.1) is 19.8 Å². The molecule has 1 aliphatic carbocycles. The molecule has 1 aliphatic heterocycles. The quantitative estimate of drug-likeness (QED) is 0.578. The average molecular weight is 322 g/mol. The maximum absolute atomic E-state index is 5.85. The molecule has 1 heterocycles. The number of hydrogen-bond donors (Lipinski definition) is 0. The third kappa shape index (κ3) is 4.48. The molecule has 1 aromatic rings. The Morgan fingerprint density at radius 1 is 1.14 bits per heavy atom. The molecule has 0 aromatic heterocycles.